The number of benzene rings is 2. The van der Waals surface area contributed by atoms with Gasteiger partial charge >= 0.3 is 18.6 Å². The highest BCUT2D eigenvalue weighted by Gasteiger charge is 2.38. The van der Waals surface area contributed by atoms with E-state index in [9.17, 15) is 18.4 Å². The zero-order valence-corrected chi connectivity index (χ0v) is 31.4. The smallest absolute Gasteiger partial charge is 0.387 e. The summed E-state index contributed by atoms with van der Waals surface area (Å²) in [5.74, 6) is -0.649. The Morgan fingerprint density at radius 3 is 2.32 bits per heavy atom. The second kappa shape index (κ2) is 18.5. The van der Waals surface area contributed by atoms with Gasteiger partial charge in [0.2, 0.25) is 0 Å². The first-order valence-electron chi connectivity index (χ1n) is 17.1. The Kier molecular flexibility index (Phi) is 14.0. The summed E-state index contributed by atoms with van der Waals surface area (Å²) in [6.07, 6.45) is 3.84. The van der Waals surface area contributed by atoms with Crippen LogP contribution in [0.3, 0.4) is 0 Å². The number of piperidine rings is 3. The van der Waals surface area contributed by atoms with Crippen LogP contribution in [-0.2, 0) is 27.2 Å². The van der Waals surface area contributed by atoms with Crippen LogP contribution in [0.25, 0.3) is 0 Å². The van der Waals surface area contributed by atoms with Crippen molar-refractivity contribution in [3.05, 3.63) is 110 Å². The van der Waals surface area contributed by atoms with Gasteiger partial charge in [-0.15, -0.1) is 11.3 Å². The van der Waals surface area contributed by atoms with Crippen LogP contribution < -0.4 is 19.8 Å². The average molecular weight is 793 g/mol. The highest BCUT2D eigenvalue weighted by atomic mass is 35.5. The van der Waals surface area contributed by atoms with Crippen LogP contribution in [0.2, 0.25) is 10.0 Å². The second-order valence-corrected chi connectivity index (χ2v) is 15.1. The summed E-state index contributed by atoms with van der Waals surface area (Å²) >= 11 is 14.2. The van der Waals surface area contributed by atoms with Crippen LogP contribution >= 0.6 is 34.5 Å². The van der Waals surface area contributed by atoms with Crippen LogP contribution in [0.5, 0.6) is 11.5 Å². The summed E-state index contributed by atoms with van der Waals surface area (Å²) in [5.41, 5.74) is 1.76. The van der Waals surface area contributed by atoms with E-state index in [0.717, 1.165) is 42.9 Å². The monoisotopic (exact) mass is 791 g/mol. The molecule has 3 atom stereocenters. The summed E-state index contributed by atoms with van der Waals surface area (Å²) in [6, 6.07) is 16.6. The number of aromatic amines is 1. The lowest BCUT2D eigenvalue weighted by Gasteiger charge is -2.44. The Hall–Kier alpha value is -3.85. The van der Waals surface area contributed by atoms with Gasteiger partial charge in [0.15, 0.2) is 23.9 Å². The van der Waals surface area contributed by atoms with Crippen molar-refractivity contribution in [2.75, 3.05) is 19.6 Å². The molecule has 2 aromatic carbocycles. The van der Waals surface area contributed by atoms with Crippen LogP contribution in [-0.4, -0.2) is 60.8 Å². The normalized spacial score (nSPS) is 19.0. The van der Waals surface area contributed by atoms with Gasteiger partial charge in [0, 0.05) is 30.0 Å². The number of nitrogens with zero attached hydrogens (tertiary/aromatic N) is 1. The number of nitrogens with one attached hydrogen (secondary N) is 2. The molecule has 3 saturated heterocycles. The van der Waals surface area contributed by atoms with E-state index in [2.05, 4.69) is 19.9 Å². The summed E-state index contributed by atoms with van der Waals surface area (Å²) in [4.78, 5) is 33.6. The number of thiophene rings is 1. The van der Waals surface area contributed by atoms with Gasteiger partial charge in [-0.25, -0.2) is 14.6 Å². The Morgan fingerprint density at radius 1 is 0.962 bits per heavy atom. The second-order valence-electron chi connectivity index (χ2n) is 13.1. The molecule has 2 bridgehead atoms. The molecule has 3 aliphatic rings. The minimum atomic E-state index is -3.06. The van der Waals surface area contributed by atoms with Crippen LogP contribution in [0, 0.1) is 5.92 Å². The molecule has 15 heteroatoms. The fourth-order valence-electron chi connectivity index (χ4n) is 6.57. The van der Waals surface area contributed by atoms with E-state index in [1.807, 2.05) is 30.3 Å². The average Bonchev–Trinajstić information content (AvgIpc) is 3.60. The number of H-pyrrole nitrogens is 1. The highest BCUT2D eigenvalue weighted by molar-refractivity contribution is 7.13. The zero-order valence-electron chi connectivity index (χ0n) is 29.1. The molecule has 1 unspecified atom stereocenters. The van der Waals surface area contributed by atoms with Gasteiger partial charge < -0.3 is 24.4 Å². The summed E-state index contributed by atoms with van der Waals surface area (Å²) in [6.45, 7) is 3.59. The lowest BCUT2D eigenvalue weighted by Crippen LogP contribution is -2.52. The van der Waals surface area contributed by atoms with E-state index < -0.39 is 24.7 Å². The number of halogens is 4. The van der Waals surface area contributed by atoms with Gasteiger partial charge in [0.25, 0.3) is 0 Å². The Balaban J connectivity index is 0.00000541. The molecule has 3 aliphatic heterocycles. The van der Waals surface area contributed by atoms with E-state index in [4.69, 9.17) is 37.4 Å². The summed E-state index contributed by atoms with van der Waals surface area (Å²) < 4.78 is 49.0. The molecule has 284 valence electrons. The molecule has 0 aliphatic carbocycles. The third kappa shape index (κ3) is 10.4. The molecule has 53 heavy (non-hydrogen) atoms. The maximum absolute atomic E-state index is 13.7. The van der Waals surface area contributed by atoms with Gasteiger partial charge in [0.05, 0.1) is 6.10 Å². The highest BCUT2D eigenvalue weighted by Crippen LogP contribution is 2.37. The zero-order chi connectivity index (χ0) is 36.8. The number of aromatic nitrogens is 1. The molecular weight excluding hydrogens is 751 g/mol. The number of rotatable bonds is 15. The molecule has 4 aromatic rings. The fourth-order valence-corrected chi connectivity index (χ4v) is 7.94. The van der Waals surface area contributed by atoms with Crippen molar-refractivity contribution in [3.63, 3.8) is 0 Å². The number of hydrogen-bond acceptors (Lipinski definition) is 10. The van der Waals surface area contributed by atoms with Crippen LogP contribution in [0.1, 0.15) is 70.1 Å². The number of fused-ring (bicyclic) bond motifs is 3. The number of hydrogen-bond donors (Lipinski definition) is 1. The van der Waals surface area contributed by atoms with Crippen molar-refractivity contribution in [1.82, 2.24) is 10.2 Å². The van der Waals surface area contributed by atoms with Gasteiger partial charge in [-0.2, -0.15) is 8.78 Å². The first-order valence-corrected chi connectivity index (χ1v) is 18.7. The Morgan fingerprint density at radius 2 is 1.68 bits per heavy atom. The lowest BCUT2D eigenvalue weighted by atomic mass is 9.86. The summed E-state index contributed by atoms with van der Waals surface area (Å²) in [7, 11) is 0. The molecule has 0 amide bonds. The van der Waals surface area contributed by atoms with Gasteiger partial charge in [-0.05, 0) is 81.1 Å². The number of pyridine rings is 1. The fraction of sp³-hybridized carbons (Fsp3) is 0.395. The SMILES string of the molecule is CC(C)Oc1cc([C@H](Cc2c(Cl)c[nH+]cc2Cl)OC(=O)c2ccc(CNC(C(=O)O[C@H]3CN4CCC3CC4)c3ccccc3)s2)ccc1OC(F)F.[OH-]. The topological polar surface area (TPSA) is 130 Å². The van der Waals surface area contributed by atoms with Crippen LogP contribution in [0.15, 0.2) is 73.1 Å². The molecule has 5 heterocycles. The first kappa shape index (κ1) is 40.3. The standard InChI is InChI=1S/C38H39Cl2F2N3O6S.H2O/c1-22(2)48-32-16-25(8-10-30(32)51-38(41)42)31(17-27-28(39)19-43-20-29(27)40)49-36(46)34-11-9-26(52-34)18-44-35(24-6-4-3-5-7-24)37(47)50-33-21-45-14-12-23(33)13-15-45;/h3-11,16,19-20,22-23,31,33,35,38,44H,12-15,17-18,21H2,1-2H3;1H2/t31-,33-,35?;/m0./s1. The Labute approximate surface area is 320 Å². The third-order valence-electron chi connectivity index (χ3n) is 9.13. The first-order chi connectivity index (χ1) is 25.0. The lowest BCUT2D eigenvalue weighted by molar-refractivity contribution is -0.377. The molecule has 3 N–H and O–H groups in total. The molecule has 2 aromatic heterocycles. The van der Waals surface area contributed by atoms with Gasteiger partial charge in [-0.3, -0.25) is 10.2 Å². The maximum atomic E-state index is 13.7. The number of carbonyl (C=O) groups excluding carboxylic acids is 2. The van der Waals surface area contributed by atoms with Crippen molar-refractivity contribution in [1.29, 1.82) is 0 Å². The van der Waals surface area contributed by atoms with Gasteiger partial charge in [0.1, 0.15) is 33.2 Å². The van der Waals surface area contributed by atoms with E-state index in [1.54, 1.807) is 38.4 Å². The largest absolute Gasteiger partial charge is 0.870 e. The maximum Gasteiger partial charge on any atom is 0.387 e. The third-order valence-corrected chi connectivity index (χ3v) is 10.9. The van der Waals surface area contributed by atoms with E-state index >= 15 is 0 Å². The predicted molar refractivity (Wildman–Crippen MR) is 195 cm³/mol. The van der Waals surface area contributed by atoms with Crippen LogP contribution in [0.4, 0.5) is 8.78 Å². The van der Waals surface area contributed by atoms with Crippen molar-refractivity contribution in [2.24, 2.45) is 5.92 Å². The van der Waals surface area contributed by atoms with Crippen molar-refractivity contribution < 1.29 is 47.8 Å². The molecule has 10 nitrogen and oxygen atoms in total. The van der Waals surface area contributed by atoms with E-state index in [1.165, 1.54) is 29.5 Å². The van der Waals surface area contributed by atoms with Gasteiger partial charge in [-0.1, -0.05) is 59.6 Å². The molecule has 0 spiro atoms. The minimum absolute atomic E-state index is 0. The predicted octanol–water partition coefficient (Wildman–Crippen LogP) is 7.69. The van der Waals surface area contributed by atoms with Crippen molar-refractivity contribution in [3.8, 4) is 11.5 Å². The number of carbonyl (C=O) groups is 2. The Bertz CT molecular complexity index is 1820. The molecular formula is C38H41Cl2F2N3O7S. The summed E-state index contributed by atoms with van der Waals surface area (Å²) in [5, 5.41) is 4.01. The number of esters is 2. The number of alkyl halides is 2. The molecule has 0 radical (unpaired) electrons. The van der Waals surface area contributed by atoms with E-state index in [-0.39, 0.29) is 41.6 Å². The molecule has 3 fully saturated rings. The van der Waals surface area contributed by atoms with E-state index in [0.29, 0.717) is 38.5 Å². The molecule has 0 saturated carbocycles. The van der Waals surface area contributed by atoms with Crippen molar-refractivity contribution in [2.45, 2.75) is 70.6 Å². The quantitative estimate of drug-likeness (QED) is 0.121. The minimum Gasteiger partial charge on any atom is -0.870 e. The molecule has 7 rings (SSSR count). The number of ether oxygens (including phenoxy) is 4. The van der Waals surface area contributed by atoms with Crippen molar-refractivity contribution >= 4 is 46.5 Å².